The number of carbonyl (C=O) groups is 1. The molecule has 0 saturated heterocycles. The molecular formula is C11H10NNaO3. The van der Waals surface area contributed by atoms with Crippen molar-refractivity contribution in [3.05, 3.63) is 29.8 Å². The first-order valence-electron chi connectivity index (χ1n) is 4.74. The van der Waals surface area contributed by atoms with Gasteiger partial charge in [0, 0.05) is 11.3 Å². The summed E-state index contributed by atoms with van der Waals surface area (Å²) in [5.41, 5.74) is 1.25. The number of aliphatic carboxylic acids is 1. The van der Waals surface area contributed by atoms with E-state index in [-0.39, 0.29) is 35.3 Å². The van der Waals surface area contributed by atoms with Gasteiger partial charge < -0.3 is 15.0 Å². The number of phenolic OH excluding ortho intramolecular Hbond substituents is 1. The van der Waals surface area contributed by atoms with E-state index < -0.39 is 12.0 Å². The molecule has 1 aliphatic heterocycles. The molecule has 0 aliphatic carbocycles. The number of aliphatic imine (C=N–C) groups is 1. The summed E-state index contributed by atoms with van der Waals surface area (Å²) in [4.78, 5) is 14.6. The Hall–Kier alpha value is -0.840. The van der Waals surface area contributed by atoms with E-state index in [1.165, 1.54) is 0 Å². The van der Waals surface area contributed by atoms with Crippen LogP contribution in [0.3, 0.4) is 0 Å². The van der Waals surface area contributed by atoms with Crippen LogP contribution in [-0.2, 0) is 4.79 Å². The van der Waals surface area contributed by atoms with Crippen LogP contribution in [0.25, 0.3) is 0 Å². The van der Waals surface area contributed by atoms with Gasteiger partial charge in [-0.3, -0.25) is 4.99 Å². The van der Waals surface area contributed by atoms with Crippen LogP contribution in [0.15, 0.2) is 29.3 Å². The molecule has 0 bridgehead atoms. The van der Waals surface area contributed by atoms with Crippen LogP contribution in [-0.4, -0.2) is 22.8 Å². The predicted octanol–water partition coefficient (Wildman–Crippen LogP) is -2.90. The van der Waals surface area contributed by atoms with Gasteiger partial charge in [0.1, 0.15) is 5.75 Å². The number of phenols is 1. The summed E-state index contributed by atoms with van der Waals surface area (Å²) in [6.07, 6.45) is 1.02. The first-order chi connectivity index (χ1) is 7.18. The number of aromatic hydroxyl groups is 1. The van der Waals surface area contributed by atoms with Gasteiger partial charge in [0.25, 0.3) is 0 Å². The Morgan fingerprint density at radius 3 is 2.69 bits per heavy atom. The zero-order chi connectivity index (χ0) is 10.8. The van der Waals surface area contributed by atoms with Crippen LogP contribution < -0.4 is 34.7 Å². The molecule has 0 fully saturated rings. The fraction of sp³-hybridized carbons (Fsp3) is 0.273. The van der Waals surface area contributed by atoms with E-state index in [0.717, 1.165) is 0 Å². The molecule has 5 heteroatoms. The maximum absolute atomic E-state index is 10.6. The van der Waals surface area contributed by atoms with Crippen molar-refractivity contribution in [2.45, 2.75) is 18.9 Å². The second-order valence-corrected chi connectivity index (χ2v) is 3.47. The molecule has 4 nitrogen and oxygen atoms in total. The van der Waals surface area contributed by atoms with Crippen LogP contribution in [0.2, 0.25) is 0 Å². The number of nitrogens with zero attached hydrogens (tertiary/aromatic N) is 1. The van der Waals surface area contributed by atoms with Gasteiger partial charge in [-0.15, -0.1) is 0 Å². The topological polar surface area (TPSA) is 72.7 Å². The third kappa shape index (κ3) is 2.64. The van der Waals surface area contributed by atoms with E-state index in [0.29, 0.717) is 24.1 Å². The summed E-state index contributed by atoms with van der Waals surface area (Å²) in [6, 6.07) is 6.02. The number of rotatable bonds is 2. The average Bonchev–Trinajstić information content (AvgIpc) is 2.67. The number of hydrogen-bond donors (Lipinski definition) is 1. The molecule has 0 radical (unpaired) electrons. The monoisotopic (exact) mass is 227 g/mol. The smallest absolute Gasteiger partial charge is 0.548 e. The molecule has 78 valence electrons. The van der Waals surface area contributed by atoms with Gasteiger partial charge in [-0.05, 0) is 25.0 Å². The summed E-state index contributed by atoms with van der Waals surface area (Å²) in [6.45, 7) is 0. The normalized spacial score (nSPS) is 18.8. The van der Waals surface area contributed by atoms with Gasteiger partial charge in [0.2, 0.25) is 0 Å². The Morgan fingerprint density at radius 2 is 2.12 bits per heavy atom. The maximum atomic E-state index is 10.6. The van der Waals surface area contributed by atoms with E-state index >= 15 is 0 Å². The standard InChI is InChI=1S/C11H11NO3.Na/c13-10-4-2-1-3-7(10)8-5-6-9(12-8)11(14)15;/h1-4,9,13H,5-6H2,(H,14,15);/q;+1/p-1/t9-;/m0./s1. The Morgan fingerprint density at radius 1 is 1.44 bits per heavy atom. The van der Waals surface area contributed by atoms with Crippen molar-refractivity contribution in [2.24, 2.45) is 4.99 Å². The van der Waals surface area contributed by atoms with Gasteiger partial charge >= 0.3 is 29.6 Å². The van der Waals surface area contributed by atoms with E-state index in [2.05, 4.69) is 4.99 Å². The maximum Gasteiger partial charge on any atom is 1.00 e. The zero-order valence-corrected chi connectivity index (χ0v) is 11.0. The number of carboxylic acids is 1. The molecule has 0 unspecified atom stereocenters. The molecule has 16 heavy (non-hydrogen) atoms. The molecule has 2 rings (SSSR count). The molecule has 0 amide bonds. The molecule has 1 heterocycles. The van der Waals surface area contributed by atoms with Crippen molar-refractivity contribution < 1.29 is 44.6 Å². The summed E-state index contributed by atoms with van der Waals surface area (Å²) >= 11 is 0. The third-order valence-corrected chi connectivity index (χ3v) is 2.45. The third-order valence-electron chi connectivity index (χ3n) is 2.45. The second-order valence-electron chi connectivity index (χ2n) is 3.47. The minimum atomic E-state index is -1.15. The van der Waals surface area contributed by atoms with Crippen LogP contribution in [0.4, 0.5) is 0 Å². The van der Waals surface area contributed by atoms with Crippen molar-refractivity contribution in [3.63, 3.8) is 0 Å². The molecule has 1 aromatic rings. The zero-order valence-electron chi connectivity index (χ0n) is 9.01. The van der Waals surface area contributed by atoms with E-state index in [1.807, 2.05) is 0 Å². The summed E-state index contributed by atoms with van der Waals surface area (Å²) < 4.78 is 0. The Kier molecular flexibility index (Phi) is 4.53. The van der Waals surface area contributed by atoms with E-state index in [9.17, 15) is 15.0 Å². The molecule has 1 aliphatic rings. The number of benzene rings is 1. The van der Waals surface area contributed by atoms with Crippen LogP contribution in [0.5, 0.6) is 5.75 Å². The van der Waals surface area contributed by atoms with Crippen molar-refractivity contribution in [1.29, 1.82) is 0 Å². The van der Waals surface area contributed by atoms with Crippen LogP contribution >= 0.6 is 0 Å². The number of carboxylic acid groups (broad SMARTS) is 1. The first kappa shape index (κ1) is 13.2. The van der Waals surface area contributed by atoms with Crippen molar-refractivity contribution in [2.75, 3.05) is 0 Å². The van der Waals surface area contributed by atoms with Gasteiger partial charge in [0.05, 0.1) is 12.0 Å². The number of para-hydroxylation sites is 1. The molecule has 0 saturated carbocycles. The minimum Gasteiger partial charge on any atom is -0.548 e. The first-order valence-corrected chi connectivity index (χ1v) is 4.74. The SMILES string of the molecule is O=C([O-])[C@@H]1CCC(c2ccccc2O)=N1.[Na+]. The Bertz CT molecular complexity index is 431. The molecule has 1 atom stereocenters. The van der Waals surface area contributed by atoms with E-state index in [4.69, 9.17) is 0 Å². The molecular weight excluding hydrogens is 217 g/mol. The van der Waals surface area contributed by atoms with Gasteiger partial charge in [0.15, 0.2) is 0 Å². The van der Waals surface area contributed by atoms with Gasteiger partial charge in [-0.1, -0.05) is 12.1 Å². The number of hydrogen-bond acceptors (Lipinski definition) is 4. The van der Waals surface area contributed by atoms with Crippen molar-refractivity contribution >= 4 is 11.7 Å². The van der Waals surface area contributed by atoms with Crippen LogP contribution in [0.1, 0.15) is 18.4 Å². The fourth-order valence-electron chi connectivity index (χ4n) is 1.68. The largest absolute Gasteiger partial charge is 1.00 e. The average molecular weight is 227 g/mol. The molecule has 1 aromatic carbocycles. The van der Waals surface area contributed by atoms with Crippen molar-refractivity contribution in [1.82, 2.24) is 0 Å². The second kappa shape index (κ2) is 5.48. The Balaban J connectivity index is 0.00000128. The fourth-order valence-corrected chi connectivity index (χ4v) is 1.68. The molecule has 0 spiro atoms. The van der Waals surface area contributed by atoms with Gasteiger partial charge in [-0.25, -0.2) is 0 Å². The summed E-state index contributed by atoms with van der Waals surface area (Å²) in [7, 11) is 0. The molecule has 1 N–H and O–H groups in total. The van der Waals surface area contributed by atoms with E-state index in [1.54, 1.807) is 24.3 Å². The van der Waals surface area contributed by atoms with Crippen LogP contribution in [0, 0.1) is 0 Å². The molecule has 0 aromatic heterocycles. The van der Waals surface area contributed by atoms with Gasteiger partial charge in [-0.2, -0.15) is 0 Å². The Labute approximate surface area is 115 Å². The summed E-state index contributed by atoms with van der Waals surface area (Å²) in [5, 5.41) is 20.1. The quantitative estimate of drug-likeness (QED) is 0.551. The minimum absolute atomic E-state index is 0. The predicted molar refractivity (Wildman–Crippen MR) is 52.7 cm³/mol. The number of carbonyl (C=O) groups excluding carboxylic acids is 1. The van der Waals surface area contributed by atoms with Crippen molar-refractivity contribution in [3.8, 4) is 5.75 Å². The summed E-state index contributed by atoms with van der Waals surface area (Å²) in [5.74, 6) is -1.02.